The Morgan fingerprint density at radius 2 is 1.76 bits per heavy atom. The molecule has 2 aromatic carbocycles. The van der Waals surface area contributed by atoms with Gasteiger partial charge in [0.2, 0.25) is 0 Å². The largest absolute Gasteiger partial charge is 0.380 e. The quantitative estimate of drug-likeness (QED) is 0.830. The zero-order valence-corrected chi connectivity index (χ0v) is 13.1. The monoisotopic (exact) mass is 301 g/mol. The third-order valence-corrected chi connectivity index (χ3v) is 3.93. The molecule has 2 rings (SSSR count). The number of carbonyl (C=O) groups excluding carboxylic acids is 1. The third-order valence-electron chi connectivity index (χ3n) is 3.14. The van der Waals surface area contributed by atoms with Gasteiger partial charge in [0.25, 0.3) is 5.91 Å². The van der Waals surface area contributed by atoms with Gasteiger partial charge in [0, 0.05) is 18.6 Å². The van der Waals surface area contributed by atoms with Crippen LogP contribution < -0.4 is 5.32 Å². The van der Waals surface area contributed by atoms with Crippen molar-refractivity contribution in [1.29, 1.82) is 0 Å². The summed E-state index contributed by atoms with van der Waals surface area (Å²) in [6.07, 6.45) is 1.97. The Morgan fingerprint density at radius 1 is 1.10 bits per heavy atom. The molecule has 110 valence electrons. The second-order valence-corrected chi connectivity index (χ2v) is 5.48. The predicted octanol–water partition coefficient (Wildman–Crippen LogP) is 3.48. The summed E-state index contributed by atoms with van der Waals surface area (Å²) in [7, 11) is 1.68. The number of rotatable bonds is 6. The van der Waals surface area contributed by atoms with Gasteiger partial charge in [-0.2, -0.15) is 0 Å². The van der Waals surface area contributed by atoms with Gasteiger partial charge in [-0.3, -0.25) is 4.79 Å². The van der Waals surface area contributed by atoms with Gasteiger partial charge in [-0.15, -0.1) is 11.8 Å². The van der Waals surface area contributed by atoms with Crippen LogP contribution >= 0.6 is 11.8 Å². The summed E-state index contributed by atoms with van der Waals surface area (Å²) < 4.78 is 5.08. The fraction of sp³-hybridized carbons (Fsp3) is 0.235. The fourth-order valence-corrected chi connectivity index (χ4v) is 2.63. The Balaban J connectivity index is 1.97. The molecule has 21 heavy (non-hydrogen) atoms. The summed E-state index contributed by atoms with van der Waals surface area (Å²) in [5.74, 6) is -0.0408. The number of methoxy groups -OCH3 is 1. The standard InChI is InChI=1S/C17H19NO2S/c1-20-12-14-9-7-13(8-10-14)11-18-17(19)15-5-3-4-6-16(15)21-2/h3-10H,11-12H2,1-2H3,(H,18,19). The van der Waals surface area contributed by atoms with Crippen LogP contribution in [0.1, 0.15) is 21.5 Å². The van der Waals surface area contributed by atoms with Gasteiger partial charge in [-0.1, -0.05) is 36.4 Å². The second kappa shape index (κ2) is 7.86. The summed E-state index contributed by atoms with van der Waals surface area (Å²) in [4.78, 5) is 13.2. The average Bonchev–Trinajstić information content (AvgIpc) is 2.54. The van der Waals surface area contributed by atoms with Crippen molar-refractivity contribution in [3.63, 3.8) is 0 Å². The molecular formula is C17H19NO2S. The normalized spacial score (nSPS) is 10.4. The number of carbonyl (C=O) groups is 1. The van der Waals surface area contributed by atoms with Crippen LogP contribution in [0.15, 0.2) is 53.4 Å². The Labute approximate surface area is 129 Å². The van der Waals surface area contributed by atoms with E-state index in [1.165, 1.54) is 0 Å². The van der Waals surface area contributed by atoms with Crippen molar-refractivity contribution >= 4 is 17.7 Å². The highest BCUT2D eigenvalue weighted by Crippen LogP contribution is 2.19. The van der Waals surface area contributed by atoms with Crippen LogP contribution in [0.4, 0.5) is 0 Å². The first kappa shape index (κ1) is 15.6. The van der Waals surface area contributed by atoms with Crippen LogP contribution in [0.3, 0.4) is 0 Å². The van der Waals surface area contributed by atoms with E-state index >= 15 is 0 Å². The van der Waals surface area contributed by atoms with Gasteiger partial charge in [0.05, 0.1) is 12.2 Å². The first-order valence-corrected chi connectivity index (χ1v) is 7.95. The van der Waals surface area contributed by atoms with E-state index in [-0.39, 0.29) is 5.91 Å². The van der Waals surface area contributed by atoms with E-state index in [9.17, 15) is 4.79 Å². The number of amides is 1. The van der Waals surface area contributed by atoms with E-state index in [0.29, 0.717) is 13.2 Å². The number of benzene rings is 2. The fourth-order valence-electron chi connectivity index (χ4n) is 2.03. The second-order valence-electron chi connectivity index (χ2n) is 4.63. The molecule has 0 saturated heterocycles. The molecular weight excluding hydrogens is 282 g/mol. The molecule has 0 unspecified atom stereocenters. The summed E-state index contributed by atoms with van der Waals surface area (Å²) >= 11 is 1.58. The molecule has 0 aliphatic carbocycles. The van der Waals surface area contributed by atoms with E-state index in [1.807, 2.05) is 54.8 Å². The minimum atomic E-state index is -0.0408. The van der Waals surface area contributed by atoms with Crippen molar-refractivity contribution in [2.45, 2.75) is 18.0 Å². The minimum Gasteiger partial charge on any atom is -0.380 e. The molecule has 2 aromatic rings. The number of hydrogen-bond donors (Lipinski definition) is 1. The lowest BCUT2D eigenvalue weighted by atomic mass is 10.1. The SMILES string of the molecule is COCc1ccc(CNC(=O)c2ccccc2SC)cc1. The zero-order chi connectivity index (χ0) is 15.1. The summed E-state index contributed by atoms with van der Waals surface area (Å²) in [5, 5.41) is 2.96. The molecule has 0 aliphatic rings. The summed E-state index contributed by atoms with van der Waals surface area (Å²) in [5.41, 5.74) is 2.92. The van der Waals surface area contributed by atoms with Crippen molar-refractivity contribution in [2.24, 2.45) is 0 Å². The van der Waals surface area contributed by atoms with Crippen molar-refractivity contribution in [1.82, 2.24) is 5.32 Å². The molecule has 1 amide bonds. The van der Waals surface area contributed by atoms with E-state index in [4.69, 9.17) is 4.74 Å². The van der Waals surface area contributed by atoms with E-state index in [0.717, 1.165) is 21.6 Å². The molecule has 0 spiro atoms. The minimum absolute atomic E-state index is 0.0408. The van der Waals surface area contributed by atoms with Crippen LogP contribution in [-0.4, -0.2) is 19.3 Å². The maximum atomic E-state index is 12.2. The van der Waals surface area contributed by atoms with E-state index < -0.39 is 0 Å². The number of nitrogens with one attached hydrogen (secondary N) is 1. The third kappa shape index (κ3) is 4.34. The maximum absolute atomic E-state index is 12.2. The Morgan fingerprint density at radius 3 is 2.43 bits per heavy atom. The molecule has 0 saturated carbocycles. The first-order valence-electron chi connectivity index (χ1n) is 6.72. The molecule has 0 fully saturated rings. The molecule has 0 bridgehead atoms. The number of ether oxygens (including phenoxy) is 1. The molecule has 0 heterocycles. The number of hydrogen-bond acceptors (Lipinski definition) is 3. The smallest absolute Gasteiger partial charge is 0.252 e. The van der Waals surface area contributed by atoms with Gasteiger partial charge in [-0.05, 0) is 29.5 Å². The molecule has 4 heteroatoms. The van der Waals surface area contributed by atoms with Crippen LogP contribution in [0.25, 0.3) is 0 Å². The van der Waals surface area contributed by atoms with Gasteiger partial charge in [-0.25, -0.2) is 0 Å². The lowest BCUT2D eigenvalue weighted by Gasteiger charge is -2.09. The van der Waals surface area contributed by atoms with Gasteiger partial charge in [0.15, 0.2) is 0 Å². The molecule has 0 radical (unpaired) electrons. The lowest BCUT2D eigenvalue weighted by molar-refractivity contribution is 0.0948. The van der Waals surface area contributed by atoms with Crippen LogP contribution in [0.5, 0.6) is 0 Å². The first-order chi connectivity index (χ1) is 10.2. The van der Waals surface area contributed by atoms with Crippen LogP contribution in [0, 0.1) is 0 Å². The lowest BCUT2D eigenvalue weighted by Crippen LogP contribution is -2.23. The highest BCUT2D eigenvalue weighted by atomic mass is 32.2. The van der Waals surface area contributed by atoms with Crippen molar-refractivity contribution in [2.75, 3.05) is 13.4 Å². The van der Waals surface area contributed by atoms with Gasteiger partial charge >= 0.3 is 0 Å². The van der Waals surface area contributed by atoms with E-state index in [2.05, 4.69) is 5.32 Å². The molecule has 0 aromatic heterocycles. The average molecular weight is 301 g/mol. The zero-order valence-electron chi connectivity index (χ0n) is 12.3. The summed E-state index contributed by atoms with van der Waals surface area (Å²) in [6.45, 7) is 1.13. The van der Waals surface area contributed by atoms with Crippen LogP contribution in [0.2, 0.25) is 0 Å². The molecule has 0 atom stereocenters. The Bertz CT molecular complexity index is 596. The van der Waals surface area contributed by atoms with Crippen molar-refractivity contribution < 1.29 is 9.53 Å². The van der Waals surface area contributed by atoms with Crippen molar-refractivity contribution in [3.8, 4) is 0 Å². The molecule has 0 aliphatic heterocycles. The molecule has 3 nitrogen and oxygen atoms in total. The predicted molar refractivity (Wildman–Crippen MR) is 86.5 cm³/mol. The highest BCUT2D eigenvalue weighted by molar-refractivity contribution is 7.98. The Kier molecular flexibility index (Phi) is 5.84. The molecule has 1 N–H and O–H groups in total. The summed E-state index contributed by atoms with van der Waals surface area (Å²) in [6, 6.07) is 15.7. The topological polar surface area (TPSA) is 38.3 Å². The van der Waals surface area contributed by atoms with Crippen molar-refractivity contribution in [3.05, 3.63) is 65.2 Å². The van der Waals surface area contributed by atoms with Gasteiger partial charge in [0.1, 0.15) is 0 Å². The Hall–Kier alpha value is -1.78. The van der Waals surface area contributed by atoms with Gasteiger partial charge < -0.3 is 10.1 Å². The number of thioether (sulfide) groups is 1. The highest BCUT2D eigenvalue weighted by Gasteiger charge is 2.09. The maximum Gasteiger partial charge on any atom is 0.252 e. The van der Waals surface area contributed by atoms with Crippen LogP contribution in [-0.2, 0) is 17.9 Å². The van der Waals surface area contributed by atoms with E-state index in [1.54, 1.807) is 18.9 Å².